The van der Waals surface area contributed by atoms with Crippen LogP contribution in [0.2, 0.25) is 0 Å². The lowest BCUT2D eigenvalue weighted by atomic mass is 10.6. The highest BCUT2D eigenvalue weighted by atomic mass is 35.6. The van der Waals surface area contributed by atoms with Gasteiger partial charge in [-0.2, -0.15) is 0 Å². The van der Waals surface area contributed by atoms with E-state index in [4.69, 9.17) is 34.8 Å². The first kappa shape index (κ1) is 8.97. The van der Waals surface area contributed by atoms with Crippen LogP contribution >= 0.6 is 43.3 Å². The molecule has 0 aromatic heterocycles. The molecule has 1 unspecified atom stereocenters. The molecule has 0 saturated heterocycles. The van der Waals surface area contributed by atoms with Crippen LogP contribution in [0.4, 0.5) is 0 Å². The smallest absolute Gasteiger partial charge is 0.0835 e. The minimum atomic E-state index is -1.22. The summed E-state index contributed by atoms with van der Waals surface area (Å²) in [4.78, 5) is 0. The van der Waals surface area contributed by atoms with Crippen LogP contribution in [0.5, 0.6) is 0 Å². The molecular formula is C3H5Cl3OP+. The Balaban J connectivity index is 3.24. The van der Waals surface area contributed by atoms with Crippen LogP contribution in [0.15, 0.2) is 0 Å². The second-order valence-corrected chi connectivity index (χ2v) is 4.56. The molecule has 5 heteroatoms. The zero-order chi connectivity index (χ0) is 6.62. The molecule has 0 aromatic carbocycles. The summed E-state index contributed by atoms with van der Waals surface area (Å²) in [6, 6.07) is 0. The predicted molar refractivity (Wildman–Crippen MR) is 38.8 cm³/mol. The van der Waals surface area contributed by atoms with E-state index in [1.165, 1.54) is 0 Å². The molecule has 0 spiro atoms. The van der Waals surface area contributed by atoms with Crippen molar-refractivity contribution < 1.29 is 4.57 Å². The van der Waals surface area contributed by atoms with E-state index in [-0.39, 0.29) is 8.46 Å². The number of alkyl halides is 3. The second-order valence-electron chi connectivity index (χ2n) is 1.26. The van der Waals surface area contributed by atoms with E-state index < -0.39 is 3.79 Å². The number of hydrogen-bond donors (Lipinski definition) is 0. The molecule has 8 heavy (non-hydrogen) atoms. The lowest BCUT2D eigenvalue weighted by Crippen LogP contribution is -2.01. The zero-order valence-electron chi connectivity index (χ0n) is 3.96. The van der Waals surface area contributed by atoms with Gasteiger partial charge in [0, 0.05) is 6.42 Å². The first-order valence-corrected chi connectivity index (χ1v) is 4.23. The van der Waals surface area contributed by atoms with Gasteiger partial charge in [-0.15, -0.1) is 0 Å². The van der Waals surface area contributed by atoms with Crippen molar-refractivity contribution in [3.8, 4) is 0 Å². The van der Waals surface area contributed by atoms with Gasteiger partial charge >= 0.3 is 8.46 Å². The molecule has 1 atom stereocenters. The van der Waals surface area contributed by atoms with E-state index in [2.05, 4.69) is 0 Å². The van der Waals surface area contributed by atoms with Crippen molar-refractivity contribution in [2.75, 3.05) is 6.16 Å². The van der Waals surface area contributed by atoms with Gasteiger partial charge in [0.1, 0.15) is 6.16 Å². The van der Waals surface area contributed by atoms with Crippen molar-refractivity contribution in [1.82, 2.24) is 0 Å². The van der Waals surface area contributed by atoms with Gasteiger partial charge in [0.15, 0.2) is 3.79 Å². The molecule has 0 heterocycles. The Morgan fingerprint density at radius 3 is 2.00 bits per heavy atom. The van der Waals surface area contributed by atoms with Crippen molar-refractivity contribution in [1.29, 1.82) is 0 Å². The fraction of sp³-hybridized carbons (Fsp3) is 1.00. The van der Waals surface area contributed by atoms with E-state index in [1.807, 2.05) is 0 Å². The molecule has 0 rings (SSSR count). The van der Waals surface area contributed by atoms with Crippen molar-refractivity contribution in [2.45, 2.75) is 10.2 Å². The third-order valence-electron chi connectivity index (χ3n) is 0.511. The average Bonchev–Trinajstić information content (AvgIpc) is 1.59. The van der Waals surface area contributed by atoms with Crippen LogP contribution in [-0.2, 0) is 4.57 Å². The monoisotopic (exact) mass is 193 g/mol. The van der Waals surface area contributed by atoms with Gasteiger partial charge in [-0.3, -0.25) is 0 Å². The molecule has 0 N–H and O–H groups in total. The average molecular weight is 194 g/mol. The Kier molecular flexibility index (Phi) is 4.37. The van der Waals surface area contributed by atoms with Gasteiger partial charge in [-0.05, 0) is 0 Å². The standard InChI is InChI=1S/C3H4Cl3OP/c4-3(5,6)1-2-8-7/h1-2H2/p+1. The van der Waals surface area contributed by atoms with Gasteiger partial charge in [0.25, 0.3) is 0 Å². The van der Waals surface area contributed by atoms with Crippen LogP contribution in [0.1, 0.15) is 6.42 Å². The molecular weight excluding hydrogens is 189 g/mol. The number of halogens is 3. The second kappa shape index (κ2) is 3.90. The highest BCUT2D eigenvalue weighted by Gasteiger charge is 2.20. The minimum absolute atomic E-state index is 0.361. The normalized spacial score (nSPS) is 12.4. The molecule has 0 aromatic rings. The van der Waals surface area contributed by atoms with Crippen molar-refractivity contribution in [3.05, 3.63) is 0 Å². The fourth-order valence-corrected chi connectivity index (χ4v) is 1.43. The Hall–Kier alpha value is 0.970. The largest absolute Gasteiger partial charge is 0.324 e. The first-order valence-electron chi connectivity index (χ1n) is 1.98. The summed E-state index contributed by atoms with van der Waals surface area (Å²) >= 11 is 15.9. The molecule has 0 radical (unpaired) electrons. The van der Waals surface area contributed by atoms with Crippen LogP contribution in [0.25, 0.3) is 0 Å². The van der Waals surface area contributed by atoms with E-state index >= 15 is 0 Å². The summed E-state index contributed by atoms with van der Waals surface area (Å²) in [5.41, 5.74) is 0. The lowest BCUT2D eigenvalue weighted by molar-refractivity contribution is 0.597. The van der Waals surface area contributed by atoms with Crippen LogP contribution in [0.3, 0.4) is 0 Å². The number of hydrogen-bond acceptors (Lipinski definition) is 1. The zero-order valence-corrected chi connectivity index (χ0v) is 7.22. The first-order chi connectivity index (χ1) is 3.56. The van der Waals surface area contributed by atoms with Gasteiger partial charge in [-0.1, -0.05) is 39.4 Å². The van der Waals surface area contributed by atoms with Gasteiger partial charge < -0.3 is 0 Å². The third-order valence-corrected chi connectivity index (χ3v) is 1.53. The maximum absolute atomic E-state index is 9.83. The molecule has 0 aliphatic heterocycles. The van der Waals surface area contributed by atoms with Gasteiger partial charge in [-0.25, -0.2) is 0 Å². The summed E-state index contributed by atoms with van der Waals surface area (Å²) in [5.74, 6) is 0. The van der Waals surface area contributed by atoms with Gasteiger partial charge in [0.05, 0.1) is 0 Å². The summed E-state index contributed by atoms with van der Waals surface area (Å²) in [7, 11) is -0.372. The molecule has 1 nitrogen and oxygen atoms in total. The highest BCUT2D eigenvalue weighted by Crippen LogP contribution is 2.30. The maximum atomic E-state index is 9.83. The summed E-state index contributed by atoms with van der Waals surface area (Å²) in [5, 5.41) is 0. The lowest BCUT2D eigenvalue weighted by Gasteiger charge is -2.03. The molecule has 48 valence electrons. The fourth-order valence-electron chi connectivity index (χ4n) is 0.193. The Morgan fingerprint density at radius 1 is 1.38 bits per heavy atom. The van der Waals surface area contributed by atoms with Crippen LogP contribution in [-0.4, -0.2) is 9.95 Å². The van der Waals surface area contributed by atoms with E-state index in [0.717, 1.165) is 0 Å². The van der Waals surface area contributed by atoms with Crippen molar-refractivity contribution in [2.24, 2.45) is 0 Å². The molecule has 0 aliphatic carbocycles. The molecule has 0 bridgehead atoms. The third kappa shape index (κ3) is 6.97. The van der Waals surface area contributed by atoms with Crippen LogP contribution < -0.4 is 0 Å². The molecule has 0 amide bonds. The highest BCUT2D eigenvalue weighted by molar-refractivity contribution is 7.23. The molecule has 0 fully saturated rings. The molecule has 0 aliphatic rings. The van der Waals surface area contributed by atoms with E-state index in [0.29, 0.717) is 12.6 Å². The summed E-state index contributed by atoms with van der Waals surface area (Å²) in [6.07, 6.45) is 0.816. The SMILES string of the molecule is O=[PH+]CCC(Cl)(Cl)Cl. The maximum Gasteiger partial charge on any atom is 0.324 e. The Morgan fingerprint density at radius 2 is 1.88 bits per heavy atom. The quantitative estimate of drug-likeness (QED) is 0.488. The Bertz CT molecular complexity index is 79.1. The van der Waals surface area contributed by atoms with Crippen molar-refractivity contribution >= 4 is 43.3 Å². The van der Waals surface area contributed by atoms with Crippen molar-refractivity contribution in [3.63, 3.8) is 0 Å². The van der Waals surface area contributed by atoms with Gasteiger partial charge in [0.2, 0.25) is 0 Å². The number of rotatable bonds is 2. The minimum Gasteiger partial charge on any atom is -0.0835 e. The topological polar surface area (TPSA) is 17.1 Å². The van der Waals surface area contributed by atoms with Crippen LogP contribution in [0, 0.1) is 0 Å². The summed E-state index contributed by atoms with van der Waals surface area (Å²) in [6.45, 7) is 0. The molecule has 0 saturated carbocycles. The van der Waals surface area contributed by atoms with E-state index in [1.54, 1.807) is 0 Å². The predicted octanol–water partition coefficient (Wildman–Crippen LogP) is 2.77. The summed E-state index contributed by atoms with van der Waals surface area (Å²) < 4.78 is 8.60. The van der Waals surface area contributed by atoms with E-state index in [9.17, 15) is 4.57 Å². The Labute approximate surface area is 64.5 Å².